The quantitative estimate of drug-likeness (QED) is 0.908. The fraction of sp³-hybridized carbons (Fsp3) is 0.267. The van der Waals surface area contributed by atoms with Crippen LogP contribution in [0.4, 0.5) is 4.39 Å². The fourth-order valence-corrected chi connectivity index (χ4v) is 2.19. The molecule has 1 aromatic heterocycles. The Morgan fingerprint density at radius 3 is 2.58 bits per heavy atom. The molecule has 19 heavy (non-hydrogen) atoms. The van der Waals surface area contributed by atoms with Crippen molar-refractivity contribution < 1.29 is 4.39 Å². The van der Waals surface area contributed by atoms with Gasteiger partial charge in [0.25, 0.3) is 0 Å². The molecule has 1 atom stereocenters. The number of rotatable bonds is 5. The zero-order valence-electron chi connectivity index (χ0n) is 10.7. The number of pyridine rings is 1. The third-order valence-corrected chi connectivity index (χ3v) is 3.36. The van der Waals surface area contributed by atoms with Crippen LogP contribution < -0.4 is 5.32 Å². The first-order chi connectivity index (χ1) is 9.19. The van der Waals surface area contributed by atoms with Crippen LogP contribution in [0, 0.1) is 5.82 Å². The minimum atomic E-state index is -0.248. The molecule has 1 unspecified atom stereocenters. The average molecular weight is 279 g/mol. The molecule has 4 heteroatoms. The van der Waals surface area contributed by atoms with Crippen molar-refractivity contribution in [2.75, 3.05) is 7.05 Å². The second-order valence-electron chi connectivity index (χ2n) is 4.49. The van der Waals surface area contributed by atoms with Crippen LogP contribution in [0.1, 0.15) is 11.1 Å². The van der Waals surface area contributed by atoms with E-state index in [1.807, 2.05) is 19.2 Å². The smallest absolute Gasteiger partial charge is 0.127 e. The first kappa shape index (κ1) is 14.0. The Balaban J connectivity index is 2.06. The maximum atomic E-state index is 13.8. The van der Waals surface area contributed by atoms with E-state index in [1.54, 1.807) is 24.5 Å². The highest BCUT2D eigenvalue weighted by Crippen LogP contribution is 2.17. The molecule has 0 radical (unpaired) electrons. The highest BCUT2D eigenvalue weighted by molar-refractivity contribution is 6.30. The van der Waals surface area contributed by atoms with Crippen molar-refractivity contribution >= 4 is 11.6 Å². The van der Waals surface area contributed by atoms with Crippen molar-refractivity contribution in [2.24, 2.45) is 0 Å². The zero-order valence-corrected chi connectivity index (χ0v) is 11.5. The van der Waals surface area contributed by atoms with Crippen LogP contribution in [0.2, 0.25) is 5.02 Å². The Morgan fingerprint density at radius 1 is 1.21 bits per heavy atom. The van der Waals surface area contributed by atoms with E-state index in [0.717, 1.165) is 6.42 Å². The summed E-state index contributed by atoms with van der Waals surface area (Å²) in [6.45, 7) is 0. The van der Waals surface area contributed by atoms with Gasteiger partial charge in [0, 0.05) is 23.5 Å². The van der Waals surface area contributed by atoms with Crippen LogP contribution in [0.3, 0.4) is 0 Å². The van der Waals surface area contributed by atoms with Crippen molar-refractivity contribution in [1.29, 1.82) is 0 Å². The molecule has 2 rings (SSSR count). The van der Waals surface area contributed by atoms with Gasteiger partial charge in [-0.25, -0.2) is 4.39 Å². The van der Waals surface area contributed by atoms with Gasteiger partial charge in [-0.3, -0.25) is 4.98 Å². The third kappa shape index (κ3) is 4.01. The van der Waals surface area contributed by atoms with Gasteiger partial charge in [-0.2, -0.15) is 0 Å². The van der Waals surface area contributed by atoms with E-state index in [4.69, 9.17) is 11.6 Å². The van der Waals surface area contributed by atoms with E-state index >= 15 is 0 Å². The molecule has 1 N–H and O–H groups in total. The highest BCUT2D eigenvalue weighted by atomic mass is 35.5. The standard InChI is InChI=1S/C15H16ClFN2/c1-18-14(8-11-4-6-19-7-5-11)9-12-2-3-13(16)10-15(12)17/h2-7,10,14,18H,8-9H2,1H3. The summed E-state index contributed by atoms with van der Waals surface area (Å²) in [5.74, 6) is -0.248. The first-order valence-electron chi connectivity index (χ1n) is 6.19. The monoisotopic (exact) mass is 278 g/mol. The molecule has 0 aliphatic rings. The Hall–Kier alpha value is -1.45. The first-order valence-corrected chi connectivity index (χ1v) is 6.57. The summed E-state index contributed by atoms with van der Waals surface area (Å²) in [6, 6.07) is 8.95. The molecule has 2 nitrogen and oxygen atoms in total. The van der Waals surface area contributed by atoms with E-state index in [0.29, 0.717) is 17.0 Å². The van der Waals surface area contributed by atoms with Gasteiger partial charge in [0.2, 0.25) is 0 Å². The molecule has 0 aliphatic carbocycles. The van der Waals surface area contributed by atoms with Crippen LogP contribution in [-0.4, -0.2) is 18.1 Å². The van der Waals surface area contributed by atoms with Crippen LogP contribution in [0.25, 0.3) is 0 Å². The minimum absolute atomic E-state index is 0.179. The fourth-order valence-electron chi connectivity index (χ4n) is 2.03. The van der Waals surface area contributed by atoms with Gasteiger partial charge >= 0.3 is 0 Å². The minimum Gasteiger partial charge on any atom is -0.316 e. The lowest BCUT2D eigenvalue weighted by atomic mass is 9.99. The van der Waals surface area contributed by atoms with Crippen LogP contribution in [-0.2, 0) is 12.8 Å². The summed E-state index contributed by atoms with van der Waals surface area (Å²) in [6.07, 6.45) is 5.00. The number of likely N-dealkylation sites (N-methyl/N-ethyl adjacent to an activating group) is 1. The van der Waals surface area contributed by atoms with E-state index in [1.165, 1.54) is 11.6 Å². The normalized spacial score (nSPS) is 12.4. The summed E-state index contributed by atoms with van der Waals surface area (Å²) < 4.78 is 13.8. The molecular formula is C15H16ClFN2. The lowest BCUT2D eigenvalue weighted by Crippen LogP contribution is -2.30. The molecule has 1 aromatic carbocycles. The Morgan fingerprint density at radius 2 is 1.95 bits per heavy atom. The van der Waals surface area contributed by atoms with Crippen molar-refractivity contribution in [3.63, 3.8) is 0 Å². The molecule has 1 heterocycles. The summed E-state index contributed by atoms with van der Waals surface area (Å²) in [4.78, 5) is 3.99. The van der Waals surface area contributed by atoms with Crippen molar-refractivity contribution in [3.05, 3.63) is 64.7 Å². The van der Waals surface area contributed by atoms with Crippen molar-refractivity contribution in [3.8, 4) is 0 Å². The van der Waals surface area contributed by atoms with Gasteiger partial charge in [-0.15, -0.1) is 0 Å². The third-order valence-electron chi connectivity index (χ3n) is 3.12. The molecule has 0 saturated carbocycles. The van der Waals surface area contributed by atoms with Gasteiger partial charge in [-0.1, -0.05) is 17.7 Å². The van der Waals surface area contributed by atoms with E-state index < -0.39 is 0 Å². The highest BCUT2D eigenvalue weighted by Gasteiger charge is 2.11. The summed E-state index contributed by atoms with van der Waals surface area (Å²) in [7, 11) is 1.89. The van der Waals surface area contributed by atoms with Crippen molar-refractivity contribution in [1.82, 2.24) is 10.3 Å². The molecule has 0 bridgehead atoms. The second-order valence-corrected chi connectivity index (χ2v) is 4.92. The Kier molecular flexibility index (Phi) is 4.88. The number of hydrogen-bond donors (Lipinski definition) is 1. The molecule has 0 fully saturated rings. The number of halogens is 2. The molecule has 0 aliphatic heterocycles. The SMILES string of the molecule is CNC(Cc1ccncc1)Cc1ccc(Cl)cc1F. The predicted molar refractivity (Wildman–Crippen MR) is 75.9 cm³/mol. The Bertz CT molecular complexity index is 531. The van der Waals surface area contributed by atoms with Crippen LogP contribution in [0.5, 0.6) is 0 Å². The number of nitrogens with zero attached hydrogens (tertiary/aromatic N) is 1. The van der Waals surface area contributed by atoms with Crippen LogP contribution >= 0.6 is 11.6 Å². The van der Waals surface area contributed by atoms with Crippen molar-refractivity contribution in [2.45, 2.75) is 18.9 Å². The predicted octanol–water partition coefficient (Wildman–Crippen LogP) is 3.25. The molecule has 100 valence electrons. The van der Waals surface area contributed by atoms with Gasteiger partial charge in [-0.05, 0) is 55.3 Å². The molecular weight excluding hydrogens is 263 g/mol. The lowest BCUT2D eigenvalue weighted by Gasteiger charge is -2.16. The molecule has 0 spiro atoms. The maximum Gasteiger partial charge on any atom is 0.127 e. The van der Waals surface area contributed by atoms with E-state index in [9.17, 15) is 4.39 Å². The summed E-state index contributed by atoms with van der Waals surface area (Å²) >= 11 is 5.75. The Labute approximate surface area is 117 Å². The summed E-state index contributed by atoms with van der Waals surface area (Å²) in [5.41, 5.74) is 1.86. The largest absolute Gasteiger partial charge is 0.316 e. The lowest BCUT2D eigenvalue weighted by molar-refractivity contribution is 0.532. The van der Waals surface area contributed by atoms with Crippen LogP contribution in [0.15, 0.2) is 42.7 Å². The molecule has 0 saturated heterocycles. The number of aromatic nitrogens is 1. The van der Waals surface area contributed by atoms with Gasteiger partial charge in [0.1, 0.15) is 5.82 Å². The molecule has 0 amide bonds. The number of benzene rings is 1. The maximum absolute atomic E-state index is 13.8. The second kappa shape index (κ2) is 6.64. The summed E-state index contributed by atoms with van der Waals surface area (Å²) in [5, 5.41) is 3.65. The molecule has 2 aromatic rings. The number of nitrogens with one attached hydrogen (secondary N) is 1. The zero-order chi connectivity index (χ0) is 13.7. The van der Waals surface area contributed by atoms with E-state index in [2.05, 4.69) is 10.3 Å². The average Bonchev–Trinajstić information content (AvgIpc) is 2.42. The van der Waals surface area contributed by atoms with Gasteiger partial charge in [0.05, 0.1) is 0 Å². The van der Waals surface area contributed by atoms with Gasteiger partial charge in [0.15, 0.2) is 0 Å². The van der Waals surface area contributed by atoms with E-state index in [-0.39, 0.29) is 11.9 Å². The topological polar surface area (TPSA) is 24.9 Å². The van der Waals surface area contributed by atoms with Gasteiger partial charge < -0.3 is 5.32 Å². The number of hydrogen-bond acceptors (Lipinski definition) is 2.